The number of carbonyl (C=O) groups excluding carboxylic acids is 1. The first kappa shape index (κ1) is 16.5. The lowest BCUT2D eigenvalue weighted by atomic mass is 9.99. The first-order valence-electron chi connectivity index (χ1n) is 8.73. The van der Waals surface area contributed by atoms with E-state index in [1.165, 1.54) is 6.42 Å². The van der Waals surface area contributed by atoms with E-state index in [2.05, 4.69) is 31.5 Å². The van der Waals surface area contributed by atoms with Crippen molar-refractivity contribution in [3.8, 4) is 11.4 Å². The third-order valence-corrected chi connectivity index (χ3v) is 4.43. The number of aryl methyl sites for hydroxylation is 2. The maximum Gasteiger partial charge on any atom is 0.251 e. The van der Waals surface area contributed by atoms with E-state index in [4.69, 9.17) is 0 Å². The maximum atomic E-state index is 12.5. The molecule has 1 aliphatic rings. The van der Waals surface area contributed by atoms with Crippen molar-refractivity contribution in [2.75, 3.05) is 24.5 Å². The summed E-state index contributed by atoms with van der Waals surface area (Å²) in [5.41, 5.74) is 3.73. The van der Waals surface area contributed by atoms with Crippen LogP contribution in [0.2, 0.25) is 0 Å². The Kier molecular flexibility index (Phi) is 4.83. The summed E-state index contributed by atoms with van der Waals surface area (Å²) in [5, 5.41) is 10.3. The standard InChI is InChI=1S/C18H25N5O/c1-4-7-19-18(24)13-11-14(17-20-16(5-2)21-22-17)15(10-12(13)3)23-8-6-9-23/h10-11H,4-9H2,1-3H3,(H,19,24)(H,20,21,22). The summed E-state index contributed by atoms with van der Waals surface area (Å²) in [6.45, 7) is 8.84. The van der Waals surface area contributed by atoms with Crippen molar-refractivity contribution in [2.45, 2.75) is 40.0 Å². The number of nitrogens with one attached hydrogen (secondary N) is 2. The topological polar surface area (TPSA) is 73.9 Å². The molecular formula is C18H25N5O. The molecule has 1 aliphatic heterocycles. The third-order valence-electron chi connectivity index (χ3n) is 4.43. The van der Waals surface area contributed by atoms with Gasteiger partial charge in [0.15, 0.2) is 5.82 Å². The molecule has 0 radical (unpaired) electrons. The second kappa shape index (κ2) is 7.03. The molecule has 6 nitrogen and oxygen atoms in total. The number of anilines is 1. The highest BCUT2D eigenvalue weighted by molar-refractivity contribution is 5.98. The third kappa shape index (κ3) is 3.13. The molecule has 0 unspecified atom stereocenters. The molecule has 1 aromatic carbocycles. The van der Waals surface area contributed by atoms with E-state index in [-0.39, 0.29) is 5.91 Å². The van der Waals surface area contributed by atoms with E-state index in [0.717, 1.165) is 48.6 Å². The van der Waals surface area contributed by atoms with Gasteiger partial charge in [0.25, 0.3) is 5.91 Å². The van der Waals surface area contributed by atoms with Crippen LogP contribution in [0.3, 0.4) is 0 Å². The molecule has 2 heterocycles. The van der Waals surface area contributed by atoms with Crippen molar-refractivity contribution in [3.63, 3.8) is 0 Å². The molecule has 2 N–H and O–H groups in total. The van der Waals surface area contributed by atoms with Crippen molar-refractivity contribution in [1.82, 2.24) is 20.5 Å². The zero-order chi connectivity index (χ0) is 17.1. The fraction of sp³-hybridized carbons (Fsp3) is 0.500. The van der Waals surface area contributed by atoms with E-state index < -0.39 is 0 Å². The normalized spacial score (nSPS) is 13.7. The number of hydrogen-bond donors (Lipinski definition) is 2. The Bertz CT molecular complexity index is 733. The molecule has 1 fully saturated rings. The molecule has 0 saturated carbocycles. The molecule has 6 heteroatoms. The molecule has 1 saturated heterocycles. The largest absolute Gasteiger partial charge is 0.371 e. The number of nitrogens with zero attached hydrogens (tertiary/aromatic N) is 3. The molecule has 128 valence electrons. The summed E-state index contributed by atoms with van der Waals surface area (Å²) >= 11 is 0. The minimum atomic E-state index is -0.0305. The van der Waals surface area contributed by atoms with Gasteiger partial charge in [-0.1, -0.05) is 13.8 Å². The molecule has 2 aromatic rings. The van der Waals surface area contributed by atoms with Crippen LogP contribution in [0.5, 0.6) is 0 Å². The first-order valence-corrected chi connectivity index (χ1v) is 8.73. The quantitative estimate of drug-likeness (QED) is 0.855. The lowest BCUT2D eigenvalue weighted by molar-refractivity contribution is 0.0953. The molecule has 3 rings (SSSR count). The highest BCUT2D eigenvalue weighted by atomic mass is 16.1. The number of hydrogen-bond acceptors (Lipinski definition) is 4. The van der Waals surface area contributed by atoms with Crippen LogP contribution < -0.4 is 10.2 Å². The minimum absolute atomic E-state index is 0.0305. The van der Waals surface area contributed by atoms with Gasteiger partial charge in [0, 0.05) is 42.9 Å². The summed E-state index contributed by atoms with van der Waals surface area (Å²) in [6, 6.07) is 4.04. The predicted octanol–water partition coefficient (Wildman–Crippen LogP) is 2.69. The summed E-state index contributed by atoms with van der Waals surface area (Å²) < 4.78 is 0. The Morgan fingerprint density at radius 3 is 2.71 bits per heavy atom. The SMILES string of the molecule is CCCNC(=O)c1cc(-c2n[nH]c(CC)n2)c(N2CCC2)cc1C. The van der Waals surface area contributed by atoms with Gasteiger partial charge >= 0.3 is 0 Å². The number of benzene rings is 1. The molecular weight excluding hydrogens is 302 g/mol. The Morgan fingerprint density at radius 2 is 2.12 bits per heavy atom. The van der Waals surface area contributed by atoms with Crippen LogP contribution >= 0.6 is 0 Å². The Labute approximate surface area is 142 Å². The van der Waals surface area contributed by atoms with Gasteiger partial charge < -0.3 is 10.2 Å². The Balaban J connectivity index is 2.03. The number of amides is 1. The lowest BCUT2D eigenvalue weighted by Crippen LogP contribution is -2.37. The highest BCUT2D eigenvalue weighted by Crippen LogP contribution is 2.34. The zero-order valence-corrected chi connectivity index (χ0v) is 14.6. The molecule has 0 spiro atoms. The lowest BCUT2D eigenvalue weighted by Gasteiger charge is -2.35. The average Bonchev–Trinajstić information content (AvgIpc) is 3.00. The summed E-state index contributed by atoms with van der Waals surface area (Å²) in [6.07, 6.45) is 2.93. The molecule has 0 atom stereocenters. The van der Waals surface area contributed by atoms with Gasteiger partial charge in [-0.25, -0.2) is 4.98 Å². The van der Waals surface area contributed by atoms with Crippen LogP contribution in [0.1, 0.15) is 48.4 Å². The highest BCUT2D eigenvalue weighted by Gasteiger charge is 2.23. The van der Waals surface area contributed by atoms with Crippen molar-refractivity contribution in [2.24, 2.45) is 0 Å². The summed E-state index contributed by atoms with van der Waals surface area (Å²) in [4.78, 5) is 19.3. The first-order chi connectivity index (χ1) is 11.6. The van der Waals surface area contributed by atoms with Crippen LogP contribution in [0.15, 0.2) is 12.1 Å². The fourth-order valence-corrected chi connectivity index (χ4v) is 2.84. The maximum absolute atomic E-state index is 12.5. The van der Waals surface area contributed by atoms with Crippen LogP contribution in [0, 0.1) is 6.92 Å². The fourth-order valence-electron chi connectivity index (χ4n) is 2.84. The van der Waals surface area contributed by atoms with Crippen LogP contribution in [-0.2, 0) is 6.42 Å². The Hall–Kier alpha value is -2.37. The van der Waals surface area contributed by atoms with Crippen LogP contribution in [-0.4, -0.2) is 40.7 Å². The van der Waals surface area contributed by atoms with E-state index in [9.17, 15) is 4.79 Å². The molecule has 24 heavy (non-hydrogen) atoms. The van der Waals surface area contributed by atoms with Gasteiger partial charge in [-0.15, -0.1) is 0 Å². The molecule has 0 aliphatic carbocycles. The number of H-pyrrole nitrogens is 1. The van der Waals surface area contributed by atoms with Crippen molar-refractivity contribution >= 4 is 11.6 Å². The van der Waals surface area contributed by atoms with Crippen molar-refractivity contribution in [3.05, 3.63) is 29.1 Å². The second-order valence-electron chi connectivity index (χ2n) is 6.24. The van der Waals surface area contributed by atoms with Crippen LogP contribution in [0.25, 0.3) is 11.4 Å². The second-order valence-corrected chi connectivity index (χ2v) is 6.24. The van der Waals surface area contributed by atoms with Crippen LogP contribution in [0.4, 0.5) is 5.69 Å². The number of aromatic nitrogens is 3. The van der Waals surface area contributed by atoms with Gasteiger partial charge in [-0.3, -0.25) is 9.89 Å². The van der Waals surface area contributed by atoms with Gasteiger partial charge in [-0.2, -0.15) is 5.10 Å². The minimum Gasteiger partial charge on any atom is -0.371 e. The smallest absolute Gasteiger partial charge is 0.251 e. The van der Waals surface area contributed by atoms with Crippen molar-refractivity contribution < 1.29 is 4.79 Å². The van der Waals surface area contributed by atoms with E-state index in [0.29, 0.717) is 17.9 Å². The number of rotatable bonds is 6. The monoisotopic (exact) mass is 327 g/mol. The average molecular weight is 327 g/mol. The number of carbonyl (C=O) groups is 1. The number of aromatic amines is 1. The Morgan fingerprint density at radius 1 is 1.33 bits per heavy atom. The van der Waals surface area contributed by atoms with E-state index in [1.54, 1.807) is 0 Å². The predicted molar refractivity (Wildman–Crippen MR) is 95.4 cm³/mol. The summed E-state index contributed by atoms with van der Waals surface area (Å²) in [7, 11) is 0. The van der Waals surface area contributed by atoms with E-state index in [1.807, 2.05) is 26.8 Å². The van der Waals surface area contributed by atoms with Gasteiger partial charge in [0.05, 0.1) is 0 Å². The van der Waals surface area contributed by atoms with E-state index >= 15 is 0 Å². The zero-order valence-electron chi connectivity index (χ0n) is 14.6. The van der Waals surface area contributed by atoms with Gasteiger partial charge in [-0.05, 0) is 37.5 Å². The summed E-state index contributed by atoms with van der Waals surface area (Å²) in [5.74, 6) is 1.49. The van der Waals surface area contributed by atoms with Gasteiger partial charge in [0.2, 0.25) is 0 Å². The molecule has 1 aromatic heterocycles. The molecule has 0 bridgehead atoms. The van der Waals surface area contributed by atoms with Gasteiger partial charge in [0.1, 0.15) is 5.82 Å². The molecule has 1 amide bonds. The van der Waals surface area contributed by atoms with Crippen molar-refractivity contribution in [1.29, 1.82) is 0 Å².